The maximum absolute atomic E-state index is 11.3. The molecule has 1 amide bonds. The lowest BCUT2D eigenvalue weighted by Gasteiger charge is -2.31. The van der Waals surface area contributed by atoms with E-state index in [-0.39, 0.29) is 6.04 Å². The Kier molecular flexibility index (Phi) is 5.49. The molecule has 0 bridgehead atoms. The first-order chi connectivity index (χ1) is 11.7. The third kappa shape index (κ3) is 4.36. The SMILES string of the molecule is O=C(CO)Nc1cccc(NC(CC2CCC2)c2ccccc2)c1. The molecule has 0 radical (unpaired) electrons. The number of carbonyl (C=O) groups excluding carboxylic acids is 1. The minimum absolute atomic E-state index is 0.264. The van der Waals surface area contributed by atoms with Crippen molar-refractivity contribution in [2.45, 2.75) is 31.7 Å². The number of amides is 1. The zero-order valence-electron chi connectivity index (χ0n) is 13.7. The van der Waals surface area contributed by atoms with Crippen LogP contribution >= 0.6 is 0 Å². The standard InChI is InChI=1S/C20H24N2O2/c23-14-20(24)22-18-11-5-10-17(13-18)21-19(12-15-6-4-7-15)16-8-2-1-3-9-16/h1-3,5,8-11,13,15,19,21,23H,4,6-7,12,14H2,(H,22,24). The Labute approximate surface area is 142 Å². The first kappa shape index (κ1) is 16.5. The Morgan fingerprint density at radius 1 is 1.08 bits per heavy atom. The highest BCUT2D eigenvalue weighted by atomic mass is 16.3. The van der Waals surface area contributed by atoms with E-state index in [2.05, 4.69) is 34.9 Å². The molecular formula is C20H24N2O2. The topological polar surface area (TPSA) is 61.4 Å². The lowest BCUT2D eigenvalue weighted by molar-refractivity contribution is -0.118. The largest absolute Gasteiger partial charge is 0.387 e. The summed E-state index contributed by atoms with van der Waals surface area (Å²) < 4.78 is 0. The molecule has 0 saturated heterocycles. The second-order valence-electron chi connectivity index (χ2n) is 6.43. The zero-order chi connectivity index (χ0) is 16.8. The maximum atomic E-state index is 11.3. The van der Waals surface area contributed by atoms with Gasteiger partial charge in [0, 0.05) is 11.4 Å². The maximum Gasteiger partial charge on any atom is 0.250 e. The highest BCUT2D eigenvalue weighted by Gasteiger charge is 2.23. The minimum atomic E-state index is -0.508. The van der Waals surface area contributed by atoms with Crippen molar-refractivity contribution in [3.05, 3.63) is 60.2 Å². The van der Waals surface area contributed by atoms with E-state index < -0.39 is 12.5 Å². The van der Waals surface area contributed by atoms with Gasteiger partial charge in [0.1, 0.15) is 6.61 Å². The molecule has 1 unspecified atom stereocenters. The summed E-state index contributed by atoms with van der Waals surface area (Å²) in [6.45, 7) is -0.508. The van der Waals surface area contributed by atoms with Gasteiger partial charge in [0.2, 0.25) is 5.91 Å². The molecule has 1 aliphatic carbocycles. The van der Waals surface area contributed by atoms with E-state index in [4.69, 9.17) is 5.11 Å². The molecule has 3 N–H and O–H groups in total. The molecule has 1 atom stereocenters. The molecule has 0 spiro atoms. The molecule has 0 heterocycles. The van der Waals surface area contributed by atoms with Crippen molar-refractivity contribution in [2.75, 3.05) is 17.2 Å². The quantitative estimate of drug-likeness (QED) is 0.722. The average molecular weight is 324 g/mol. The fraction of sp³-hybridized carbons (Fsp3) is 0.350. The second kappa shape index (κ2) is 7.97. The lowest BCUT2D eigenvalue weighted by Crippen LogP contribution is -2.20. The Morgan fingerprint density at radius 2 is 1.83 bits per heavy atom. The molecule has 24 heavy (non-hydrogen) atoms. The predicted molar refractivity (Wildman–Crippen MR) is 96.9 cm³/mol. The van der Waals surface area contributed by atoms with E-state index in [9.17, 15) is 4.79 Å². The van der Waals surface area contributed by atoms with Gasteiger partial charge < -0.3 is 15.7 Å². The number of hydrogen-bond acceptors (Lipinski definition) is 3. The van der Waals surface area contributed by atoms with Gasteiger partial charge in [0.15, 0.2) is 0 Å². The summed E-state index contributed by atoms with van der Waals surface area (Å²) in [6, 6.07) is 18.4. The van der Waals surface area contributed by atoms with Gasteiger partial charge in [-0.3, -0.25) is 4.79 Å². The van der Waals surface area contributed by atoms with Gasteiger partial charge >= 0.3 is 0 Å². The van der Waals surface area contributed by atoms with Crippen molar-refractivity contribution in [2.24, 2.45) is 5.92 Å². The lowest BCUT2D eigenvalue weighted by atomic mass is 9.79. The highest BCUT2D eigenvalue weighted by molar-refractivity contribution is 5.91. The molecule has 126 valence electrons. The van der Waals surface area contributed by atoms with Crippen LogP contribution in [0.15, 0.2) is 54.6 Å². The monoisotopic (exact) mass is 324 g/mol. The molecule has 3 rings (SSSR count). The van der Waals surface area contributed by atoms with Crippen molar-refractivity contribution in [3.8, 4) is 0 Å². The van der Waals surface area contributed by atoms with Crippen LogP contribution in [0, 0.1) is 5.92 Å². The van der Waals surface area contributed by atoms with Gasteiger partial charge in [-0.2, -0.15) is 0 Å². The van der Waals surface area contributed by atoms with Crippen LogP contribution in [0.1, 0.15) is 37.3 Å². The molecule has 2 aromatic carbocycles. The number of aliphatic hydroxyl groups is 1. The van der Waals surface area contributed by atoms with Gasteiger partial charge in [-0.25, -0.2) is 0 Å². The second-order valence-corrected chi connectivity index (χ2v) is 6.43. The van der Waals surface area contributed by atoms with Gasteiger partial charge in [-0.15, -0.1) is 0 Å². The average Bonchev–Trinajstić information content (AvgIpc) is 2.58. The van der Waals surface area contributed by atoms with Crippen LogP contribution in [0.3, 0.4) is 0 Å². The van der Waals surface area contributed by atoms with E-state index in [0.717, 1.165) is 18.0 Å². The van der Waals surface area contributed by atoms with Crippen LogP contribution in [-0.4, -0.2) is 17.6 Å². The summed E-state index contributed by atoms with van der Waals surface area (Å²) in [4.78, 5) is 11.3. The Bertz CT molecular complexity index is 668. The fourth-order valence-corrected chi connectivity index (χ4v) is 3.11. The van der Waals surface area contributed by atoms with E-state index >= 15 is 0 Å². The number of anilines is 2. The van der Waals surface area contributed by atoms with Crippen molar-refractivity contribution in [3.63, 3.8) is 0 Å². The van der Waals surface area contributed by atoms with Crippen molar-refractivity contribution >= 4 is 17.3 Å². The molecule has 4 nitrogen and oxygen atoms in total. The molecule has 1 fully saturated rings. The first-order valence-corrected chi connectivity index (χ1v) is 8.57. The van der Waals surface area contributed by atoms with Gasteiger partial charge in [0.05, 0.1) is 6.04 Å². The summed E-state index contributed by atoms with van der Waals surface area (Å²) in [5.74, 6) is 0.390. The van der Waals surface area contributed by atoms with Crippen molar-refractivity contribution in [1.29, 1.82) is 0 Å². The van der Waals surface area contributed by atoms with E-state index in [0.29, 0.717) is 5.69 Å². The summed E-state index contributed by atoms with van der Waals surface area (Å²) in [7, 11) is 0. The minimum Gasteiger partial charge on any atom is -0.387 e. The Morgan fingerprint density at radius 3 is 2.50 bits per heavy atom. The van der Waals surface area contributed by atoms with E-state index in [1.165, 1.54) is 24.8 Å². The number of aliphatic hydroxyl groups excluding tert-OH is 1. The first-order valence-electron chi connectivity index (χ1n) is 8.57. The van der Waals surface area contributed by atoms with Crippen molar-refractivity contribution in [1.82, 2.24) is 0 Å². The van der Waals surface area contributed by atoms with Crippen LogP contribution < -0.4 is 10.6 Å². The third-order valence-electron chi connectivity index (χ3n) is 4.63. The van der Waals surface area contributed by atoms with E-state index in [1.807, 2.05) is 30.3 Å². The van der Waals surface area contributed by atoms with Crippen LogP contribution in [0.5, 0.6) is 0 Å². The van der Waals surface area contributed by atoms with Gasteiger partial charge in [-0.05, 0) is 36.1 Å². The number of rotatable bonds is 7. The van der Waals surface area contributed by atoms with Crippen LogP contribution in [0.2, 0.25) is 0 Å². The fourth-order valence-electron chi connectivity index (χ4n) is 3.11. The predicted octanol–water partition coefficient (Wildman–Crippen LogP) is 3.96. The molecule has 0 aromatic heterocycles. The van der Waals surface area contributed by atoms with Crippen LogP contribution in [0.25, 0.3) is 0 Å². The van der Waals surface area contributed by atoms with E-state index in [1.54, 1.807) is 0 Å². The molecular weight excluding hydrogens is 300 g/mol. The summed E-state index contributed by atoms with van der Waals surface area (Å²) >= 11 is 0. The number of nitrogens with one attached hydrogen (secondary N) is 2. The Hall–Kier alpha value is -2.33. The zero-order valence-corrected chi connectivity index (χ0v) is 13.7. The third-order valence-corrected chi connectivity index (χ3v) is 4.63. The van der Waals surface area contributed by atoms with Gasteiger partial charge in [-0.1, -0.05) is 55.7 Å². The number of hydrogen-bond donors (Lipinski definition) is 3. The summed E-state index contributed by atoms with van der Waals surface area (Å²) in [5, 5.41) is 15.2. The van der Waals surface area contributed by atoms with Gasteiger partial charge in [0.25, 0.3) is 0 Å². The van der Waals surface area contributed by atoms with Crippen molar-refractivity contribution < 1.29 is 9.90 Å². The Balaban J connectivity index is 1.74. The summed E-state index contributed by atoms with van der Waals surface area (Å²) in [6.07, 6.45) is 5.10. The van der Waals surface area contributed by atoms with Crippen LogP contribution in [0.4, 0.5) is 11.4 Å². The molecule has 1 aliphatic rings. The molecule has 4 heteroatoms. The molecule has 0 aliphatic heterocycles. The normalized spacial score (nSPS) is 15.4. The summed E-state index contributed by atoms with van der Waals surface area (Å²) in [5.41, 5.74) is 2.95. The molecule has 2 aromatic rings. The van der Waals surface area contributed by atoms with Crippen LogP contribution in [-0.2, 0) is 4.79 Å². The number of benzene rings is 2. The number of carbonyl (C=O) groups is 1. The smallest absolute Gasteiger partial charge is 0.250 e. The highest BCUT2D eigenvalue weighted by Crippen LogP contribution is 2.36. The molecule has 1 saturated carbocycles.